The zero-order chi connectivity index (χ0) is 17.0. The minimum atomic E-state index is -1.36. The smallest absolute Gasteiger partial charge is 0.339 e. The zero-order valence-corrected chi connectivity index (χ0v) is 14.4. The topological polar surface area (TPSA) is 76.0 Å². The SMILES string of the molecule is CCCCCC[C@](C)(O)[C@H](O)C1=CC(OC)(C(C)C)OC1=O. The van der Waals surface area contributed by atoms with Gasteiger partial charge in [-0.3, -0.25) is 0 Å². The lowest BCUT2D eigenvalue weighted by Gasteiger charge is -2.29. The van der Waals surface area contributed by atoms with Crippen LogP contribution >= 0.6 is 0 Å². The Labute approximate surface area is 133 Å². The third-order valence-electron chi connectivity index (χ3n) is 4.39. The lowest BCUT2D eigenvalue weighted by atomic mass is 9.87. The molecule has 3 atom stereocenters. The molecule has 22 heavy (non-hydrogen) atoms. The third-order valence-corrected chi connectivity index (χ3v) is 4.39. The summed E-state index contributed by atoms with van der Waals surface area (Å²) < 4.78 is 10.6. The lowest BCUT2D eigenvalue weighted by Crippen LogP contribution is -2.41. The first-order valence-corrected chi connectivity index (χ1v) is 8.12. The van der Waals surface area contributed by atoms with Crippen LogP contribution in [0, 0.1) is 5.92 Å². The molecule has 128 valence electrons. The summed E-state index contributed by atoms with van der Waals surface area (Å²) in [6, 6.07) is 0. The molecule has 5 nitrogen and oxygen atoms in total. The van der Waals surface area contributed by atoms with E-state index in [4.69, 9.17) is 9.47 Å². The number of ether oxygens (including phenoxy) is 2. The van der Waals surface area contributed by atoms with Gasteiger partial charge in [-0.25, -0.2) is 4.79 Å². The Hall–Kier alpha value is -0.910. The van der Waals surface area contributed by atoms with Gasteiger partial charge in [0, 0.05) is 19.1 Å². The normalized spacial score (nSPS) is 25.8. The number of methoxy groups -OCH3 is 1. The molecule has 0 radical (unpaired) electrons. The highest BCUT2D eigenvalue weighted by Crippen LogP contribution is 2.36. The average Bonchev–Trinajstić information content (AvgIpc) is 2.81. The van der Waals surface area contributed by atoms with Crippen molar-refractivity contribution in [2.24, 2.45) is 5.92 Å². The molecular weight excluding hydrogens is 284 g/mol. The largest absolute Gasteiger partial charge is 0.425 e. The molecule has 0 bridgehead atoms. The van der Waals surface area contributed by atoms with Crippen molar-refractivity contribution in [1.29, 1.82) is 0 Å². The van der Waals surface area contributed by atoms with Crippen LogP contribution in [0.15, 0.2) is 11.6 Å². The Morgan fingerprint density at radius 3 is 2.45 bits per heavy atom. The number of esters is 1. The van der Waals surface area contributed by atoms with Crippen LogP contribution in [0.5, 0.6) is 0 Å². The van der Waals surface area contributed by atoms with E-state index in [2.05, 4.69) is 6.92 Å². The van der Waals surface area contributed by atoms with E-state index in [0.29, 0.717) is 6.42 Å². The molecule has 0 saturated heterocycles. The highest BCUT2D eigenvalue weighted by atomic mass is 16.7. The maximum atomic E-state index is 12.1. The van der Waals surface area contributed by atoms with Crippen molar-refractivity contribution in [2.75, 3.05) is 7.11 Å². The molecule has 0 aromatic heterocycles. The minimum Gasteiger partial charge on any atom is -0.425 e. The van der Waals surface area contributed by atoms with Gasteiger partial charge in [-0.2, -0.15) is 0 Å². The van der Waals surface area contributed by atoms with Gasteiger partial charge in [0.1, 0.15) is 6.10 Å². The van der Waals surface area contributed by atoms with E-state index in [-0.39, 0.29) is 11.5 Å². The molecule has 0 aromatic rings. The van der Waals surface area contributed by atoms with Crippen molar-refractivity contribution in [2.45, 2.75) is 77.3 Å². The highest BCUT2D eigenvalue weighted by molar-refractivity contribution is 5.92. The summed E-state index contributed by atoms with van der Waals surface area (Å²) in [5.41, 5.74) is -1.28. The van der Waals surface area contributed by atoms with Crippen LogP contribution in [0.4, 0.5) is 0 Å². The Morgan fingerprint density at radius 2 is 2.00 bits per heavy atom. The van der Waals surface area contributed by atoms with Gasteiger partial charge in [0.15, 0.2) is 0 Å². The van der Waals surface area contributed by atoms with Gasteiger partial charge in [-0.1, -0.05) is 46.5 Å². The standard InChI is InChI=1S/C17H30O5/c1-6-7-8-9-10-16(4,20)14(18)13-11-17(21-5,12(2)3)22-15(13)19/h11-12,14,18,20H,6-10H2,1-5H3/t14-,16+,17?/m1/s1. The summed E-state index contributed by atoms with van der Waals surface area (Å²) in [6.07, 6.45) is 4.66. The average molecular weight is 314 g/mol. The van der Waals surface area contributed by atoms with Crippen molar-refractivity contribution in [1.82, 2.24) is 0 Å². The molecule has 1 rings (SSSR count). The summed E-state index contributed by atoms with van der Waals surface area (Å²) >= 11 is 0. The van der Waals surface area contributed by atoms with Crippen molar-refractivity contribution in [3.63, 3.8) is 0 Å². The van der Waals surface area contributed by atoms with Gasteiger partial charge in [0.05, 0.1) is 11.2 Å². The van der Waals surface area contributed by atoms with E-state index >= 15 is 0 Å². The summed E-state index contributed by atoms with van der Waals surface area (Å²) in [5, 5.41) is 20.9. The number of carbonyl (C=O) groups is 1. The number of carbonyl (C=O) groups excluding carboxylic acids is 1. The van der Waals surface area contributed by atoms with Crippen LogP contribution in [0.3, 0.4) is 0 Å². The van der Waals surface area contributed by atoms with Crippen LogP contribution in [0.1, 0.15) is 59.8 Å². The van der Waals surface area contributed by atoms with E-state index in [9.17, 15) is 15.0 Å². The number of rotatable bonds is 9. The molecular formula is C17H30O5. The predicted molar refractivity (Wildman–Crippen MR) is 84.1 cm³/mol. The van der Waals surface area contributed by atoms with Crippen LogP contribution in [-0.4, -0.2) is 40.8 Å². The predicted octanol–water partition coefficient (Wildman–Crippen LogP) is 2.55. The van der Waals surface area contributed by atoms with E-state index in [1.54, 1.807) is 6.92 Å². The van der Waals surface area contributed by atoms with Crippen LogP contribution in [-0.2, 0) is 14.3 Å². The Kier molecular flexibility index (Phi) is 6.59. The second kappa shape index (κ2) is 7.57. The zero-order valence-electron chi connectivity index (χ0n) is 14.4. The van der Waals surface area contributed by atoms with E-state index < -0.39 is 23.5 Å². The lowest BCUT2D eigenvalue weighted by molar-refractivity contribution is -0.204. The molecule has 0 fully saturated rings. The van der Waals surface area contributed by atoms with Crippen molar-refractivity contribution >= 4 is 5.97 Å². The molecule has 1 unspecified atom stereocenters. The minimum absolute atomic E-state index is 0.0797. The van der Waals surface area contributed by atoms with E-state index in [0.717, 1.165) is 25.7 Å². The second-order valence-corrected chi connectivity index (χ2v) is 6.64. The molecule has 5 heteroatoms. The van der Waals surface area contributed by atoms with Crippen LogP contribution in [0.2, 0.25) is 0 Å². The maximum absolute atomic E-state index is 12.1. The number of unbranched alkanes of at least 4 members (excludes halogenated alkanes) is 3. The summed E-state index contributed by atoms with van der Waals surface area (Å²) in [7, 11) is 1.46. The molecule has 1 heterocycles. The van der Waals surface area contributed by atoms with Gasteiger partial charge in [0.25, 0.3) is 0 Å². The van der Waals surface area contributed by atoms with Gasteiger partial charge in [-0.15, -0.1) is 0 Å². The number of aliphatic hydroxyl groups is 2. The molecule has 0 spiro atoms. The molecule has 0 saturated carbocycles. The Morgan fingerprint density at radius 1 is 1.36 bits per heavy atom. The van der Waals surface area contributed by atoms with Gasteiger partial charge >= 0.3 is 5.97 Å². The van der Waals surface area contributed by atoms with Crippen molar-refractivity contribution in [3.05, 3.63) is 11.6 Å². The first-order chi connectivity index (χ1) is 10.2. The first-order valence-electron chi connectivity index (χ1n) is 8.12. The molecule has 0 aromatic carbocycles. The van der Waals surface area contributed by atoms with Gasteiger partial charge in [-0.05, 0) is 13.3 Å². The monoisotopic (exact) mass is 314 g/mol. The second-order valence-electron chi connectivity index (χ2n) is 6.64. The molecule has 0 amide bonds. The Bertz CT molecular complexity index is 413. The maximum Gasteiger partial charge on any atom is 0.339 e. The molecule has 1 aliphatic rings. The van der Waals surface area contributed by atoms with E-state index in [1.165, 1.54) is 13.2 Å². The quantitative estimate of drug-likeness (QED) is 0.505. The fourth-order valence-electron chi connectivity index (χ4n) is 2.70. The van der Waals surface area contributed by atoms with Crippen molar-refractivity contribution < 1.29 is 24.5 Å². The molecule has 0 aliphatic carbocycles. The summed E-state index contributed by atoms with van der Waals surface area (Å²) in [6.45, 7) is 7.40. The number of aliphatic hydroxyl groups excluding tert-OH is 1. The number of cyclic esters (lactones) is 1. The van der Waals surface area contributed by atoms with E-state index in [1.807, 2.05) is 13.8 Å². The fraction of sp³-hybridized carbons (Fsp3) is 0.824. The number of hydrogen-bond acceptors (Lipinski definition) is 5. The van der Waals surface area contributed by atoms with Crippen LogP contribution in [0.25, 0.3) is 0 Å². The number of hydrogen-bond donors (Lipinski definition) is 2. The molecule has 2 N–H and O–H groups in total. The fourth-order valence-corrected chi connectivity index (χ4v) is 2.70. The summed E-state index contributed by atoms with van der Waals surface area (Å²) in [5.74, 6) is -1.89. The highest BCUT2D eigenvalue weighted by Gasteiger charge is 2.48. The van der Waals surface area contributed by atoms with Crippen molar-refractivity contribution in [3.8, 4) is 0 Å². The Balaban J connectivity index is 2.84. The van der Waals surface area contributed by atoms with Gasteiger partial charge in [0.2, 0.25) is 5.79 Å². The van der Waals surface area contributed by atoms with Gasteiger partial charge < -0.3 is 19.7 Å². The first kappa shape index (κ1) is 19.1. The molecule has 1 aliphatic heterocycles. The van der Waals surface area contributed by atoms with Crippen LogP contribution < -0.4 is 0 Å². The summed E-state index contributed by atoms with van der Waals surface area (Å²) in [4.78, 5) is 12.1. The third kappa shape index (κ3) is 4.09.